The van der Waals surface area contributed by atoms with Crippen LogP contribution in [0.5, 0.6) is 0 Å². The highest BCUT2D eigenvalue weighted by Crippen LogP contribution is 1.95. The number of carbonyl (C=O) groups excluding carboxylic acids is 2. The number of ether oxygens (including phenoxy) is 2. The van der Waals surface area contributed by atoms with E-state index in [2.05, 4.69) is 9.47 Å². The highest BCUT2D eigenvalue weighted by Gasteiger charge is 2.10. The average Bonchev–Trinajstić information content (AvgIpc) is 2.12. The predicted molar refractivity (Wildman–Crippen MR) is 37.7 cm³/mol. The lowest BCUT2D eigenvalue weighted by atomic mass is 10.3. The fourth-order valence-corrected chi connectivity index (χ4v) is 0.424. The number of nitrogens with zero attached hydrogens (tertiary/aromatic N) is 1. The van der Waals surface area contributed by atoms with Gasteiger partial charge >= 0.3 is 11.9 Å². The summed E-state index contributed by atoms with van der Waals surface area (Å²) < 4.78 is 8.41. The molecule has 0 atom stereocenters. The molecule has 0 unspecified atom stereocenters. The van der Waals surface area contributed by atoms with Gasteiger partial charge in [-0.1, -0.05) is 0 Å². The van der Waals surface area contributed by atoms with E-state index < -0.39 is 11.9 Å². The second-order valence-electron chi connectivity index (χ2n) is 1.68. The van der Waals surface area contributed by atoms with Gasteiger partial charge in [0, 0.05) is 6.08 Å². The Morgan fingerprint density at radius 2 is 1.92 bits per heavy atom. The van der Waals surface area contributed by atoms with Gasteiger partial charge in [0.15, 0.2) is 0 Å². The number of rotatable bonds is 2. The average molecular weight is 169 g/mol. The fraction of sp³-hybridized carbons (Fsp3) is 0.286. The first-order valence-corrected chi connectivity index (χ1v) is 2.93. The van der Waals surface area contributed by atoms with E-state index >= 15 is 0 Å². The minimum absolute atomic E-state index is 0.385. The number of hydrogen-bond acceptors (Lipinski definition) is 5. The van der Waals surface area contributed by atoms with Gasteiger partial charge in [0.25, 0.3) is 0 Å². The van der Waals surface area contributed by atoms with E-state index in [-0.39, 0.29) is 5.57 Å². The smallest absolute Gasteiger partial charge is 0.348 e. The third-order valence-corrected chi connectivity index (χ3v) is 0.989. The number of methoxy groups -OCH3 is 2. The molecular weight excluding hydrogens is 162 g/mol. The molecule has 0 aliphatic heterocycles. The molecule has 0 saturated carbocycles. The van der Waals surface area contributed by atoms with Crippen LogP contribution < -0.4 is 0 Å². The van der Waals surface area contributed by atoms with Gasteiger partial charge in [-0.15, -0.1) is 0 Å². The van der Waals surface area contributed by atoms with Crippen LogP contribution in [-0.2, 0) is 19.1 Å². The Kier molecular flexibility index (Phi) is 4.16. The molecule has 0 N–H and O–H groups in total. The summed E-state index contributed by atoms with van der Waals surface area (Å²) in [4.78, 5) is 21.2. The standard InChI is InChI=1S/C7H7NO4/c1-11-6(9)3-5(4-8)7(10)12-2/h3H,1-2H3/b5-3+. The highest BCUT2D eigenvalue weighted by molar-refractivity contribution is 5.99. The second-order valence-corrected chi connectivity index (χ2v) is 1.68. The summed E-state index contributed by atoms with van der Waals surface area (Å²) in [5, 5.41) is 8.35. The summed E-state index contributed by atoms with van der Waals surface area (Å²) >= 11 is 0. The first-order valence-electron chi connectivity index (χ1n) is 2.93. The quantitative estimate of drug-likeness (QED) is 0.324. The molecule has 0 fully saturated rings. The summed E-state index contributed by atoms with van der Waals surface area (Å²) in [6, 6.07) is 1.50. The molecule has 0 heterocycles. The molecule has 0 aliphatic rings. The summed E-state index contributed by atoms with van der Waals surface area (Å²) in [6.07, 6.45) is 0.770. The molecule has 5 heteroatoms. The molecule has 0 amide bonds. The summed E-state index contributed by atoms with van der Waals surface area (Å²) in [5.74, 6) is -1.63. The molecule has 0 saturated heterocycles. The lowest BCUT2D eigenvalue weighted by molar-refractivity contribution is -0.138. The first-order chi connectivity index (χ1) is 5.65. The van der Waals surface area contributed by atoms with Crippen molar-refractivity contribution >= 4 is 11.9 Å². The van der Waals surface area contributed by atoms with Crippen LogP contribution in [0.2, 0.25) is 0 Å². The van der Waals surface area contributed by atoms with Crippen molar-refractivity contribution in [3.05, 3.63) is 11.6 Å². The van der Waals surface area contributed by atoms with E-state index in [1.165, 1.54) is 6.07 Å². The van der Waals surface area contributed by atoms with Crippen molar-refractivity contribution in [2.24, 2.45) is 0 Å². The van der Waals surface area contributed by atoms with Crippen LogP contribution >= 0.6 is 0 Å². The number of carbonyl (C=O) groups is 2. The topological polar surface area (TPSA) is 76.4 Å². The van der Waals surface area contributed by atoms with E-state index in [1.807, 2.05) is 0 Å². The highest BCUT2D eigenvalue weighted by atomic mass is 16.5. The van der Waals surface area contributed by atoms with Crippen molar-refractivity contribution in [2.45, 2.75) is 0 Å². The number of nitriles is 1. The van der Waals surface area contributed by atoms with Crippen LogP contribution in [0.15, 0.2) is 11.6 Å². The molecule has 0 aromatic carbocycles. The SMILES string of the molecule is COC(=O)/C=C(\C#N)C(=O)OC. The van der Waals surface area contributed by atoms with Gasteiger partial charge in [-0.25, -0.2) is 9.59 Å². The van der Waals surface area contributed by atoms with Crippen LogP contribution in [0.1, 0.15) is 0 Å². The maximum atomic E-state index is 10.7. The zero-order chi connectivity index (χ0) is 9.56. The minimum Gasteiger partial charge on any atom is -0.466 e. The molecule has 5 nitrogen and oxygen atoms in total. The minimum atomic E-state index is -0.858. The summed E-state index contributed by atoms with van der Waals surface area (Å²) in [7, 11) is 2.26. The Labute approximate surface area is 69.2 Å². The first kappa shape index (κ1) is 10.2. The second kappa shape index (κ2) is 4.91. The zero-order valence-electron chi connectivity index (χ0n) is 6.66. The molecule has 0 aromatic heterocycles. The Morgan fingerprint density at radius 1 is 1.33 bits per heavy atom. The Morgan fingerprint density at radius 3 is 2.25 bits per heavy atom. The van der Waals surface area contributed by atoms with E-state index in [0.29, 0.717) is 0 Å². The van der Waals surface area contributed by atoms with Gasteiger partial charge < -0.3 is 9.47 Å². The van der Waals surface area contributed by atoms with Gasteiger partial charge in [0.2, 0.25) is 0 Å². The van der Waals surface area contributed by atoms with E-state index in [1.54, 1.807) is 0 Å². The van der Waals surface area contributed by atoms with Crippen molar-refractivity contribution < 1.29 is 19.1 Å². The molecule has 64 valence electrons. The van der Waals surface area contributed by atoms with Gasteiger partial charge in [0.05, 0.1) is 14.2 Å². The van der Waals surface area contributed by atoms with E-state index in [4.69, 9.17) is 5.26 Å². The van der Waals surface area contributed by atoms with Crippen LogP contribution in [0.3, 0.4) is 0 Å². The van der Waals surface area contributed by atoms with Crippen LogP contribution in [0.4, 0.5) is 0 Å². The van der Waals surface area contributed by atoms with Crippen molar-refractivity contribution in [1.82, 2.24) is 0 Å². The third kappa shape index (κ3) is 2.84. The normalized spacial score (nSPS) is 9.92. The molecule has 0 radical (unpaired) electrons. The molecular formula is C7H7NO4. The van der Waals surface area contributed by atoms with Crippen LogP contribution in [-0.4, -0.2) is 26.2 Å². The number of esters is 2. The molecule has 0 rings (SSSR count). The van der Waals surface area contributed by atoms with Crippen molar-refractivity contribution in [3.8, 4) is 6.07 Å². The Hall–Kier alpha value is -1.83. The third-order valence-electron chi connectivity index (χ3n) is 0.989. The molecule has 0 spiro atoms. The van der Waals surface area contributed by atoms with Gasteiger partial charge in [-0.3, -0.25) is 0 Å². The van der Waals surface area contributed by atoms with E-state index in [0.717, 1.165) is 20.3 Å². The lowest BCUT2D eigenvalue weighted by Crippen LogP contribution is -2.06. The number of hydrogen-bond donors (Lipinski definition) is 0. The summed E-state index contributed by atoms with van der Waals surface area (Å²) in [5.41, 5.74) is -0.385. The summed E-state index contributed by atoms with van der Waals surface area (Å²) in [6.45, 7) is 0. The maximum Gasteiger partial charge on any atom is 0.348 e. The molecule has 0 aromatic rings. The Balaban J connectivity index is 4.58. The Bertz CT molecular complexity index is 261. The largest absolute Gasteiger partial charge is 0.466 e. The molecule has 0 aliphatic carbocycles. The van der Waals surface area contributed by atoms with Crippen LogP contribution in [0.25, 0.3) is 0 Å². The predicted octanol–water partition coefficient (Wildman–Crippen LogP) is -0.218. The van der Waals surface area contributed by atoms with Crippen molar-refractivity contribution in [1.29, 1.82) is 5.26 Å². The lowest BCUT2D eigenvalue weighted by Gasteiger charge is -1.94. The van der Waals surface area contributed by atoms with Crippen molar-refractivity contribution in [3.63, 3.8) is 0 Å². The van der Waals surface area contributed by atoms with Gasteiger partial charge in [-0.05, 0) is 0 Å². The molecule has 0 bridgehead atoms. The van der Waals surface area contributed by atoms with Crippen LogP contribution in [0, 0.1) is 11.3 Å². The van der Waals surface area contributed by atoms with E-state index in [9.17, 15) is 9.59 Å². The fourth-order valence-electron chi connectivity index (χ4n) is 0.424. The van der Waals surface area contributed by atoms with Gasteiger partial charge in [-0.2, -0.15) is 5.26 Å². The van der Waals surface area contributed by atoms with Gasteiger partial charge in [0.1, 0.15) is 11.6 Å². The monoisotopic (exact) mass is 169 g/mol. The zero-order valence-corrected chi connectivity index (χ0v) is 6.66. The molecule has 12 heavy (non-hydrogen) atoms. The van der Waals surface area contributed by atoms with Crippen molar-refractivity contribution in [2.75, 3.05) is 14.2 Å². The maximum absolute atomic E-state index is 10.7.